The van der Waals surface area contributed by atoms with Crippen molar-refractivity contribution in [1.29, 1.82) is 0 Å². The van der Waals surface area contributed by atoms with E-state index in [9.17, 15) is 4.39 Å². The van der Waals surface area contributed by atoms with E-state index in [4.69, 9.17) is 0 Å². The first-order valence-corrected chi connectivity index (χ1v) is 6.60. The van der Waals surface area contributed by atoms with E-state index >= 15 is 0 Å². The number of hydrogen-bond donors (Lipinski definition) is 1. The summed E-state index contributed by atoms with van der Waals surface area (Å²) in [6.45, 7) is 8.83. The summed E-state index contributed by atoms with van der Waals surface area (Å²) in [5.74, 6) is 0.534. The van der Waals surface area contributed by atoms with Gasteiger partial charge in [-0.15, -0.1) is 0 Å². The van der Waals surface area contributed by atoms with Gasteiger partial charge in [-0.1, -0.05) is 38.8 Å². The zero-order chi connectivity index (χ0) is 12.8. The Bertz CT molecular complexity index is 316. The minimum atomic E-state index is -0.172. The third kappa shape index (κ3) is 4.12. The third-order valence-electron chi connectivity index (χ3n) is 3.64. The predicted molar refractivity (Wildman–Crippen MR) is 71.5 cm³/mol. The number of nitrogens with one attached hydrogen (secondary N) is 1. The van der Waals surface area contributed by atoms with Crippen LogP contribution in [0, 0.1) is 11.7 Å². The van der Waals surface area contributed by atoms with Crippen molar-refractivity contribution in [1.82, 2.24) is 5.32 Å². The van der Waals surface area contributed by atoms with Crippen molar-refractivity contribution in [3.8, 4) is 0 Å². The molecule has 2 atom stereocenters. The van der Waals surface area contributed by atoms with Crippen LogP contribution in [0.1, 0.15) is 52.1 Å². The molecule has 0 amide bonds. The lowest BCUT2D eigenvalue weighted by atomic mass is 9.94. The molecular weight excluding hydrogens is 213 g/mol. The molecule has 0 fully saturated rings. The van der Waals surface area contributed by atoms with E-state index in [0.717, 1.165) is 5.56 Å². The summed E-state index contributed by atoms with van der Waals surface area (Å²) >= 11 is 0. The van der Waals surface area contributed by atoms with Crippen molar-refractivity contribution in [3.05, 3.63) is 35.6 Å². The minimum Gasteiger partial charge on any atom is -0.307 e. The van der Waals surface area contributed by atoms with Crippen LogP contribution in [0.15, 0.2) is 24.3 Å². The molecule has 0 bridgehead atoms. The quantitative estimate of drug-likeness (QED) is 0.777. The molecule has 0 saturated heterocycles. The zero-order valence-electron chi connectivity index (χ0n) is 11.3. The fourth-order valence-corrected chi connectivity index (χ4v) is 2.37. The SMILES string of the molecule is CCC(CC)C(C)NC(C)c1ccc(F)cc1. The predicted octanol–water partition coefficient (Wildman–Crippen LogP) is 4.30. The molecule has 2 unspecified atom stereocenters. The topological polar surface area (TPSA) is 12.0 Å². The van der Waals surface area contributed by atoms with E-state index in [1.54, 1.807) is 0 Å². The van der Waals surface area contributed by atoms with Gasteiger partial charge >= 0.3 is 0 Å². The molecule has 1 N–H and O–H groups in total. The molecule has 1 aromatic carbocycles. The Hall–Kier alpha value is -0.890. The van der Waals surface area contributed by atoms with Crippen LogP contribution in [0.5, 0.6) is 0 Å². The van der Waals surface area contributed by atoms with E-state index in [0.29, 0.717) is 12.0 Å². The molecule has 0 spiro atoms. The van der Waals surface area contributed by atoms with Gasteiger partial charge in [0.15, 0.2) is 0 Å². The first-order valence-electron chi connectivity index (χ1n) is 6.60. The van der Waals surface area contributed by atoms with E-state index in [1.165, 1.54) is 25.0 Å². The van der Waals surface area contributed by atoms with Gasteiger partial charge in [-0.05, 0) is 37.5 Å². The van der Waals surface area contributed by atoms with Gasteiger partial charge in [-0.25, -0.2) is 4.39 Å². The average molecular weight is 237 g/mol. The molecule has 0 aromatic heterocycles. The monoisotopic (exact) mass is 237 g/mol. The van der Waals surface area contributed by atoms with Crippen LogP contribution in [0.2, 0.25) is 0 Å². The third-order valence-corrected chi connectivity index (χ3v) is 3.64. The molecule has 2 heteroatoms. The Labute approximate surface area is 104 Å². The zero-order valence-corrected chi connectivity index (χ0v) is 11.3. The summed E-state index contributed by atoms with van der Waals surface area (Å²) < 4.78 is 12.8. The van der Waals surface area contributed by atoms with E-state index in [-0.39, 0.29) is 11.9 Å². The van der Waals surface area contributed by atoms with Crippen LogP contribution in [0.3, 0.4) is 0 Å². The maximum atomic E-state index is 12.8. The average Bonchev–Trinajstić information content (AvgIpc) is 2.31. The first kappa shape index (κ1) is 14.2. The number of halogens is 1. The standard InChI is InChI=1S/C15H24FN/c1-5-13(6-2)11(3)17-12(4)14-7-9-15(16)10-8-14/h7-13,17H,5-6H2,1-4H3. The molecule has 1 rings (SSSR count). The second kappa shape index (κ2) is 6.75. The van der Waals surface area contributed by atoms with Crippen LogP contribution in [-0.4, -0.2) is 6.04 Å². The molecule has 96 valence electrons. The highest BCUT2D eigenvalue weighted by molar-refractivity contribution is 5.19. The summed E-state index contributed by atoms with van der Waals surface area (Å²) in [6.07, 6.45) is 2.39. The highest BCUT2D eigenvalue weighted by Crippen LogP contribution is 2.18. The molecule has 0 heterocycles. The van der Waals surface area contributed by atoms with Gasteiger partial charge in [-0.3, -0.25) is 0 Å². The van der Waals surface area contributed by atoms with E-state index in [2.05, 4.69) is 33.0 Å². The molecule has 17 heavy (non-hydrogen) atoms. The van der Waals surface area contributed by atoms with Crippen molar-refractivity contribution >= 4 is 0 Å². The normalized spacial score (nSPS) is 14.9. The highest BCUT2D eigenvalue weighted by atomic mass is 19.1. The smallest absolute Gasteiger partial charge is 0.123 e. The van der Waals surface area contributed by atoms with Gasteiger partial charge in [0.25, 0.3) is 0 Å². The molecular formula is C15H24FN. The Kier molecular flexibility index (Phi) is 5.63. The van der Waals surface area contributed by atoms with Crippen molar-refractivity contribution < 1.29 is 4.39 Å². The summed E-state index contributed by atoms with van der Waals surface area (Å²) in [5.41, 5.74) is 1.14. The summed E-state index contributed by atoms with van der Waals surface area (Å²) in [6, 6.07) is 7.51. The van der Waals surface area contributed by atoms with Gasteiger partial charge in [-0.2, -0.15) is 0 Å². The largest absolute Gasteiger partial charge is 0.307 e. The molecule has 0 aliphatic rings. The molecule has 0 radical (unpaired) electrons. The van der Waals surface area contributed by atoms with Crippen LogP contribution < -0.4 is 5.32 Å². The summed E-state index contributed by atoms with van der Waals surface area (Å²) in [7, 11) is 0. The summed E-state index contributed by atoms with van der Waals surface area (Å²) in [4.78, 5) is 0. The Balaban J connectivity index is 2.59. The second-order valence-electron chi connectivity index (χ2n) is 4.81. The second-order valence-corrected chi connectivity index (χ2v) is 4.81. The van der Waals surface area contributed by atoms with Gasteiger partial charge in [0, 0.05) is 12.1 Å². The number of hydrogen-bond acceptors (Lipinski definition) is 1. The molecule has 0 saturated carbocycles. The lowest BCUT2D eigenvalue weighted by molar-refractivity contribution is 0.330. The Morgan fingerprint density at radius 3 is 2.06 bits per heavy atom. The molecule has 1 nitrogen and oxygen atoms in total. The fraction of sp³-hybridized carbons (Fsp3) is 0.600. The van der Waals surface area contributed by atoms with Gasteiger partial charge in [0.05, 0.1) is 0 Å². The fourth-order valence-electron chi connectivity index (χ4n) is 2.37. The van der Waals surface area contributed by atoms with E-state index < -0.39 is 0 Å². The van der Waals surface area contributed by atoms with Crippen LogP contribution in [0.25, 0.3) is 0 Å². The molecule has 0 aliphatic heterocycles. The highest BCUT2D eigenvalue weighted by Gasteiger charge is 2.16. The maximum absolute atomic E-state index is 12.8. The van der Waals surface area contributed by atoms with Crippen LogP contribution >= 0.6 is 0 Å². The number of benzene rings is 1. The first-order chi connectivity index (χ1) is 8.08. The van der Waals surface area contributed by atoms with Crippen molar-refractivity contribution in [2.45, 2.75) is 52.6 Å². The van der Waals surface area contributed by atoms with Gasteiger partial charge in [0.1, 0.15) is 5.82 Å². The Morgan fingerprint density at radius 2 is 1.59 bits per heavy atom. The van der Waals surface area contributed by atoms with Crippen molar-refractivity contribution in [3.63, 3.8) is 0 Å². The van der Waals surface area contributed by atoms with E-state index in [1.807, 2.05) is 12.1 Å². The Morgan fingerprint density at radius 1 is 1.06 bits per heavy atom. The van der Waals surface area contributed by atoms with Gasteiger partial charge in [0.2, 0.25) is 0 Å². The number of rotatable bonds is 6. The van der Waals surface area contributed by atoms with Crippen molar-refractivity contribution in [2.24, 2.45) is 5.92 Å². The van der Waals surface area contributed by atoms with Crippen molar-refractivity contribution in [2.75, 3.05) is 0 Å². The van der Waals surface area contributed by atoms with Gasteiger partial charge < -0.3 is 5.32 Å². The molecule has 1 aromatic rings. The lowest BCUT2D eigenvalue weighted by Gasteiger charge is -2.26. The summed E-state index contributed by atoms with van der Waals surface area (Å²) in [5, 5.41) is 3.60. The van der Waals surface area contributed by atoms with Crippen LogP contribution in [0.4, 0.5) is 4.39 Å². The maximum Gasteiger partial charge on any atom is 0.123 e. The molecule has 0 aliphatic carbocycles. The van der Waals surface area contributed by atoms with Crippen LogP contribution in [-0.2, 0) is 0 Å². The minimum absolute atomic E-state index is 0.172. The lowest BCUT2D eigenvalue weighted by Crippen LogP contribution is -2.34.